The lowest BCUT2D eigenvalue weighted by Gasteiger charge is -2.10. The molecule has 0 fully saturated rings. The summed E-state index contributed by atoms with van der Waals surface area (Å²) in [5, 5.41) is 0.973. The first-order chi connectivity index (χ1) is 11.5. The van der Waals surface area contributed by atoms with Gasteiger partial charge >= 0.3 is 0 Å². The molecule has 0 aliphatic rings. The summed E-state index contributed by atoms with van der Waals surface area (Å²) >= 11 is 12.1. The first-order valence-electron chi connectivity index (χ1n) is 7.13. The minimum Gasteiger partial charge on any atom is -0.328 e. The third-order valence-corrected chi connectivity index (χ3v) is 4.23. The molecule has 3 aromatic rings. The van der Waals surface area contributed by atoms with Crippen LogP contribution in [0.1, 0.15) is 11.3 Å². The normalized spacial score (nSPS) is 11.0. The standard InChI is InChI=1S/C17H13Cl2F2N3/c18-11-2-4-13(14(19)5-11)17-16(7-22)24(9-23-17)8-10-1-3-12(20)6-15(10)21/h1-6,9H,7-8,22H2. The van der Waals surface area contributed by atoms with E-state index in [4.69, 9.17) is 28.9 Å². The van der Waals surface area contributed by atoms with E-state index < -0.39 is 11.6 Å². The second-order valence-electron chi connectivity index (χ2n) is 5.23. The van der Waals surface area contributed by atoms with Crippen LogP contribution >= 0.6 is 23.2 Å². The molecule has 0 atom stereocenters. The van der Waals surface area contributed by atoms with E-state index in [9.17, 15) is 8.78 Å². The van der Waals surface area contributed by atoms with Crippen LogP contribution in [-0.4, -0.2) is 9.55 Å². The molecular formula is C17H13Cl2F2N3. The number of aromatic nitrogens is 2. The van der Waals surface area contributed by atoms with Gasteiger partial charge in [0.05, 0.1) is 29.3 Å². The topological polar surface area (TPSA) is 43.8 Å². The minimum absolute atomic E-state index is 0.191. The maximum Gasteiger partial charge on any atom is 0.131 e. The second kappa shape index (κ2) is 6.89. The largest absolute Gasteiger partial charge is 0.328 e. The molecule has 0 radical (unpaired) electrons. The minimum atomic E-state index is -0.616. The first-order valence-corrected chi connectivity index (χ1v) is 7.88. The van der Waals surface area contributed by atoms with Crippen LogP contribution in [0.25, 0.3) is 11.3 Å². The van der Waals surface area contributed by atoms with E-state index in [0.29, 0.717) is 32.6 Å². The fourth-order valence-corrected chi connectivity index (χ4v) is 3.00. The number of nitrogens with two attached hydrogens (primary N) is 1. The number of benzene rings is 2. The van der Waals surface area contributed by atoms with Gasteiger partial charge < -0.3 is 10.3 Å². The van der Waals surface area contributed by atoms with Crippen molar-refractivity contribution in [3.8, 4) is 11.3 Å². The Morgan fingerprint density at radius 3 is 2.54 bits per heavy atom. The van der Waals surface area contributed by atoms with Gasteiger partial charge in [-0.05, 0) is 24.3 Å². The van der Waals surface area contributed by atoms with Crippen LogP contribution in [0.5, 0.6) is 0 Å². The van der Waals surface area contributed by atoms with Crippen molar-refractivity contribution in [3.63, 3.8) is 0 Å². The molecule has 0 bridgehead atoms. The van der Waals surface area contributed by atoms with Gasteiger partial charge in [0.15, 0.2) is 0 Å². The van der Waals surface area contributed by atoms with E-state index in [2.05, 4.69) is 4.98 Å². The summed E-state index contributed by atoms with van der Waals surface area (Å²) in [6, 6.07) is 8.56. The Balaban J connectivity index is 2.00. The SMILES string of the molecule is NCc1c(-c2ccc(Cl)cc2Cl)ncn1Cc1ccc(F)cc1F. The second-order valence-corrected chi connectivity index (χ2v) is 6.08. The molecule has 0 aliphatic heterocycles. The van der Waals surface area contributed by atoms with Crippen LogP contribution in [0.2, 0.25) is 10.0 Å². The van der Waals surface area contributed by atoms with E-state index in [0.717, 1.165) is 6.07 Å². The van der Waals surface area contributed by atoms with E-state index in [1.165, 1.54) is 12.1 Å². The number of hydrogen-bond acceptors (Lipinski definition) is 2. The smallest absolute Gasteiger partial charge is 0.131 e. The molecule has 24 heavy (non-hydrogen) atoms. The summed E-state index contributed by atoms with van der Waals surface area (Å²) in [4.78, 5) is 4.35. The molecule has 0 amide bonds. The monoisotopic (exact) mass is 367 g/mol. The lowest BCUT2D eigenvalue weighted by atomic mass is 10.1. The molecule has 3 nitrogen and oxygen atoms in total. The van der Waals surface area contributed by atoms with Gasteiger partial charge in [-0.3, -0.25) is 0 Å². The van der Waals surface area contributed by atoms with Crippen molar-refractivity contribution >= 4 is 23.2 Å². The number of rotatable bonds is 4. The molecule has 2 N–H and O–H groups in total. The Morgan fingerprint density at radius 2 is 1.88 bits per heavy atom. The van der Waals surface area contributed by atoms with Crippen LogP contribution in [0.3, 0.4) is 0 Å². The average Bonchev–Trinajstić information content (AvgIpc) is 2.92. The maximum atomic E-state index is 13.9. The Morgan fingerprint density at radius 1 is 1.08 bits per heavy atom. The molecule has 0 aliphatic carbocycles. The van der Waals surface area contributed by atoms with E-state index in [1.807, 2.05) is 0 Å². The van der Waals surface area contributed by atoms with Crippen LogP contribution in [0.15, 0.2) is 42.7 Å². The highest BCUT2D eigenvalue weighted by Gasteiger charge is 2.16. The molecular weight excluding hydrogens is 355 g/mol. The average molecular weight is 368 g/mol. The van der Waals surface area contributed by atoms with Crippen molar-refractivity contribution in [1.29, 1.82) is 0 Å². The van der Waals surface area contributed by atoms with Gasteiger partial charge in [-0.15, -0.1) is 0 Å². The van der Waals surface area contributed by atoms with Gasteiger partial charge in [0, 0.05) is 28.8 Å². The van der Waals surface area contributed by atoms with Crippen LogP contribution < -0.4 is 5.73 Å². The Kier molecular flexibility index (Phi) is 4.85. The summed E-state index contributed by atoms with van der Waals surface area (Å²) in [7, 11) is 0. The van der Waals surface area contributed by atoms with E-state index in [1.54, 1.807) is 29.1 Å². The van der Waals surface area contributed by atoms with Crippen LogP contribution in [0.4, 0.5) is 8.78 Å². The summed E-state index contributed by atoms with van der Waals surface area (Å²) in [6.45, 7) is 0.383. The third-order valence-electron chi connectivity index (χ3n) is 3.68. The van der Waals surface area contributed by atoms with Crippen molar-refractivity contribution in [2.75, 3.05) is 0 Å². The van der Waals surface area contributed by atoms with Crippen LogP contribution in [-0.2, 0) is 13.1 Å². The summed E-state index contributed by atoms with van der Waals surface area (Å²) in [6.07, 6.45) is 1.56. The number of imidazole rings is 1. The third kappa shape index (κ3) is 3.29. The van der Waals surface area contributed by atoms with Crippen molar-refractivity contribution in [2.45, 2.75) is 13.1 Å². The molecule has 0 saturated carbocycles. The zero-order chi connectivity index (χ0) is 17.3. The lowest BCUT2D eigenvalue weighted by Crippen LogP contribution is -2.09. The molecule has 1 aromatic heterocycles. The predicted octanol–water partition coefficient (Wildman–Crippen LogP) is 4.64. The van der Waals surface area contributed by atoms with E-state index in [-0.39, 0.29) is 13.1 Å². The lowest BCUT2D eigenvalue weighted by molar-refractivity contribution is 0.564. The molecule has 2 aromatic carbocycles. The Bertz CT molecular complexity index is 894. The van der Waals surface area contributed by atoms with Gasteiger partial charge in [0.2, 0.25) is 0 Å². The van der Waals surface area contributed by atoms with Crippen molar-refractivity contribution in [3.05, 3.63) is 75.7 Å². The zero-order valence-corrected chi connectivity index (χ0v) is 14.0. The molecule has 0 spiro atoms. The van der Waals surface area contributed by atoms with Gasteiger partial charge in [0.1, 0.15) is 11.6 Å². The fourth-order valence-electron chi connectivity index (χ4n) is 2.50. The highest BCUT2D eigenvalue weighted by atomic mass is 35.5. The van der Waals surface area contributed by atoms with Gasteiger partial charge in [0.25, 0.3) is 0 Å². The Labute approximate surface area is 147 Å². The molecule has 3 rings (SSSR count). The highest BCUT2D eigenvalue weighted by Crippen LogP contribution is 2.31. The maximum absolute atomic E-state index is 13.9. The van der Waals surface area contributed by atoms with Crippen molar-refractivity contribution < 1.29 is 8.78 Å². The molecule has 0 saturated heterocycles. The summed E-state index contributed by atoms with van der Waals surface area (Å²) in [5.41, 5.74) is 8.19. The van der Waals surface area contributed by atoms with Gasteiger partial charge in [-0.25, -0.2) is 13.8 Å². The van der Waals surface area contributed by atoms with E-state index >= 15 is 0 Å². The van der Waals surface area contributed by atoms with Gasteiger partial charge in [-0.1, -0.05) is 29.3 Å². The summed E-state index contributed by atoms with van der Waals surface area (Å²) < 4.78 is 28.6. The van der Waals surface area contributed by atoms with Crippen molar-refractivity contribution in [1.82, 2.24) is 9.55 Å². The molecule has 7 heteroatoms. The summed E-state index contributed by atoms with van der Waals surface area (Å²) in [5.74, 6) is -1.23. The van der Waals surface area contributed by atoms with Crippen LogP contribution in [0, 0.1) is 11.6 Å². The number of nitrogens with zero attached hydrogens (tertiary/aromatic N) is 2. The molecule has 1 heterocycles. The first kappa shape index (κ1) is 16.9. The Hall–Kier alpha value is -1.95. The zero-order valence-electron chi connectivity index (χ0n) is 12.4. The quantitative estimate of drug-likeness (QED) is 0.729. The molecule has 0 unspecified atom stereocenters. The van der Waals surface area contributed by atoms with Crippen molar-refractivity contribution in [2.24, 2.45) is 5.73 Å². The highest BCUT2D eigenvalue weighted by molar-refractivity contribution is 6.36. The number of hydrogen-bond donors (Lipinski definition) is 1. The van der Waals surface area contributed by atoms with Gasteiger partial charge in [-0.2, -0.15) is 0 Å². The predicted molar refractivity (Wildman–Crippen MR) is 91.0 cm³/mol. The molecule has 124 valence electrons. The fraction of sp³-hybridized carbons (Fsp3) is 0.118. The number of halogens is 4.